The number of rotatable bonds is 9. The second-order valence-corrected chi connectivity index (χ2v) is 18.2. The highest BCUT2D eigenvalue weighted by molar-refractivity contribution is 5.92. The van der Waals surface area contributed by atoms with Gasteiger partial charge >= 0.3 is 0 Å². The first-order valence-electron chi connectivity index (χ1n) is 21.8. The Labute approximate surface area is 349 Å². The molecule has 0 saturated heterocycles. The van der Waals surface area contributed by atoms with Gasteiger partial charge in [-0.1, -0.05) is 148 Å². The monoisotopic (exact) mass is 764 g/mol. The second-order valence-electron chi connectivity index (χ2n) is 18.2. The lowest BCUT2D eigenvalue weighted by Gasteiger charge is -2.53. The van der Waals surface area contributed by atoms with Crippen LogP contribution in [0.2, 0.25) is 0 Å². The first-order chi connectivity index (χ1) is 28.7. The van der Waals surface area contributed by atoms with Crippen LogP contribution in [0.4, 0.5) is 22.7 Å². The third-order valence-corrected chi connectivity index (χ3v) is 14.4. The molecule has 0 bridgehead atoms. The molecule has 0 aromatic heterocycles. The molecular weight excluding hydrogens is 713 g/mol. The quantitative estimate of drug-likeness (QED) is 0.144. The zero-order valence-electron chi connectivity index (χ0n) is 35.2. The van der Waals surface area contributed by atoms with E-state index in [1.807, 2.05) is 0 Å². The van der Waals surface area contributed by atoms with Crippen LogP contribution < -0.4 is 9.80 Å². The maximum atomic E-state index is 2.66. The zero-order valence-corrected chi connectivity index (χ0v) is 35.2. The number of fused-ring (bicyclic) bond motifs is 7. The van der Waals surface area contributed by atoms with E-state index in [0.717, 1.165) is 25.7 Å². The Kier molecular flexibility index (Phi) is 7.89. The van der Waals surface area contributed by atoms with Crippen LogP contribution >= 0.6 is 0 Å². The number of hydrogen-bond acceptors (Lipinski definition) is 2. The molecule has 3 aliphatic carbocycles. The number of anilines is 4. The molecule has 0 amide bonds. The molecule has 59 heavy (non-hydrogen) atoms. The van der Waals surface area contributed by atoms with Crippen molar-refractivity contribution >= 4 is 44.3 Å². The maximum absolute atomic E-state index is 2.66. The first-order valence-corrected chi connectivity index (χ1v) is 21.8. The Morgan fingerprint density at radius 1 is 0.458 bits per heavy atom. The lowest BCUT2D eigenvalue weighted by Crippen LogP contribution is -2.51. The second kappa shape index (κ2) is 12.9. The summed E-state index contributed by atoms with van der Waals surface area (Å²) >= 11 is 0. The van der Waals surface area contributed by atoms with Crippen molar-refractivity contribution in [2.45, 2.75) is 83.7 Å². The summed E-state index contributed by atoms with van der Waals surface area (Å²) in [4.78, 5) is 5.32. The summed E-state index contributed by atoms with van der Waals surface area (Å²) in [6.45, 7) is 14.0. The van der Waals surface area contributed by atoms with Gasteiger partial charge < -0.3 is 9.80 Å². The van der Waals surface area contributed by atoms with Gasteiger partial charge in [0.25, 0.3) is 0 Å². The minimum absolute atomic E-state index is 0.139. The molecule has 0 radical (unpaired) electrons. The van der Waals surface area contributed by atoms with Gasteiger partial charge in [0.15, 0.2) is 0 Å². The summed E-state index contributed by atoms with van der Waals surface area (Å²) in [5.41, 5.74) is 18.8. The lowest BCUT2D eigenvalue weighted by atomic mass is 9.65. The minimum atomic E-state index is -0.196. The maximum Gasteiger partial charge on any atom is 0.0962 e. The Hall–Kier alpha value is -6.12. The van der Waals surface area contributed by atoms with Crippen molar-refractivity contribution in [3.05, 3.63) is 202 Å². The number of aryl methyl sites for hydroxylation is 2. The summed E-state index contributed by atoms with van der Waals surface area (Å²) < 4.78 is 0. The van der Waals surface area contributed by atoms with Gasteiger partial charge in [-0.05, 0) is 147 Å². The fourth-order valence-corrected chi connectivity index (χ4v) is 11.3. The predicted molar refractivity (Wildman–Crippen MR) is 250 cm³/mol. The normalized spacial score (nSPS) is 19.1. The topological polar surface area (TPSA) is 6.48 Å². The third kappa shape index (κ3) is 5.18. The standard InChI is InChI=1S/C57H52N2/c1-7-29-57(59(45-25-19-38(4)20-26-45)47-28-22-40-14-10-12-16-42(40)31-47)53-33-49-48-32-43-36-56(8-2,50(43)34-51(48)55(5,6)52(49)35-54(53)57)58(44-23-17-37(3)18-24-44)46-27-21-39-13-9-11-15-41(39)30-46/h9-28,30-35H,7-8,29,36H2,1-6H3. The number of nitrogens with zero attached hydrogens (tertiary/aromatic N) is 2. The largest absolute Gasteiger partial charge is 0.331 e. The Balaban J connectivity index is 1.04. The highest BCUT2D eigenvalue weighted by atomic mass is 15.2. The molecule has 2 nitrogen and oxygen atoms in total. The average molecular weight is 765 g/mol. The van der Waals surface area contributed by atoms with Crippen molar-refractivity contribution in [1.82, 2.24) is 0 Å². The van der Waals surface area contributed by atoms with E-state index in [1.54, 1.807) is 0 Å². The van der Waals surface area contributed by atoms with Gasteiger partial charge in [-0.2, -0.15) is 0 Å². The van der Waals surface area contributed by atoms with Gasteiger partial charge in [0.05, 0.1) is 11.1 Å². The fourth-order valence-electron chi connectivity index (χ4n) is 11.3. The molecule has 0 spiro atoms. The van der Waals surface area contributed by atoms with Gasteiger partial charge in [-0.15, -0.1) is 0 Å². The Morgan fingerprint density at radius 2 is 0.932 bits per heavy atom. The molecule has 290 valence electrons. The Bertz CT molecular complexity index is 2970. The van der Waals surface area contributed by atoms with Crippen molar-refractivity contribution in [2.24, 2.45) is 0 Å². The fraction of sp³-hybridized carbons (Fsp3) is 0.228. The van der Waals surface area contributed by atoms with Crippen LogP contribution in [-0.4, -0.2) is 0 Å². The first kappa shape index (κ1) is 36.0. The van der Waals surface area contributed by atoms with Crippen LogP contribution in [0.5, 0.6) is 0 Å². The minimum Gasteiger partial charge on any atom is -0.331 e. The van der Waals surface area contributed by atoms with E-state index < -0.39 is 0 Å². The number of hydrogen-bond donors (Lipinski definition) is 0. The molecule has 0 saturated carbocycles. The molecule has 8 aromatic rings. The van der Waals surface area contributed by atoms with Crippen LogP contribution in [0, 0.1) is 13.8 Å². The molecule has 0 fully saturated rings. The molecule has 8 aromatic carbocycles. The molecule has 2 heteroatoms. The van der Waals surface area contributed by atoms with Crippen molar-refractivity contribution in [3.8, 4) is 11.1 Å². The van der Waals surface area contributed by atoms with E-state index in [4.69, 9.17) is 0 Å². The molecule has 2 atom stereocenters. The van der Waals surface area contributed by atoms with Crippen molar-refractivity contribution in [3.63, 3.8) is 0 Å². The summed E-state index contributed by atoms with van der Waals surface area (Å²) in [6.07, 6.45) is 4.18. The van der Waals surface area contributed by atoms with E-state index in [9.17, 15) is 0 Å². The smallest absolute Gasteiger partial charge is 0.0962 e. The molecule has 0 heterocycles. The van der Waals surface area contributed by atoms with E-state index in [-0.39, 0.29) is 16.5 Å². The summed E-state index contributed by atoms with van der Waals surface area (Å²) in [5, 5.41) is 5.11. The number of benzene rings is 8. The van der Waals surface area contributed by atoms with Crippen LogP contribution in [0.25, 0.3) is 32.7 Å². The zero-order chi connectivity index (χ0) is 40.3. The van der Waals surface area contributed by atoms with Gasteiger partial charge in [0, 0.05) is 34.6 Å². The molecular formula is C57H52N2. The van der Waals surface area contributed by atoms with Crippen molar-refractivity contribution in [2.75, 3.05) is 9.80 Å². The van der Waals surface area contributed by atoms with Crippen molar-refractivity contribution in [1.29, 1.82) is 0 Å². The summed E-state index contributed by atoms with van der Waals surface area (Å²) in [7, 11) is 0. The highest BCUT2D eigenvalue weighted by Gasteiger charge is 2.57. The van der Waals surface area contributed by atoms with Gasteiger partial charge in [-0.3, -0.25) is 0 Å². The van der Waals surface area contributed by atoms with E-state index >= 15 is 0 Å². The third-order valence-electron chi connectivity index (χ3n) is 14.4. The molecule has 3 aliphatic rings. The van der Waals surface area contributed by atoms with Gasteiger partial charge in [0.2, 0.25) is 0 Å². The summed E-state index contributed by atoms with van der Waals surface area (Å²) in [5.74, 6) is 0. The van der Waals surface area contributed by atoms with Crippen LogP contribution in [0.1, 0.15) is 91.5 Å². The van der Waals surface area contributed by atoms with Crippen molar-refractivity contribution < 1.29 is 0 Å². The Morgan fingerprint density at radius 3 is 1.49 bits per heavy atom. The van der Waals surface area contributed by atoms with Crippen LogP contribution in [-0.2, 0) is 22.9 Å². The van der Waals surface area contributed by atoms with Gasteiger partial charge in [-0.25, -0.2) is 0 Å². The highest BCUT2D eigenvalue weighted by Crippen LogP contribution is 2.64. The molecule has 0 aliphatic heterocycles. The molecule has 0 N–H and O–H groups in total. The van der Waals surface area contributed by atoms with Crippen LogP contribution in [0.3, 0.4) is 0 Å². The van der Waals surface area contributed by atoms with Crippen LogP contribution in [0.15, 0.2) is 158 Å². The SMILES string of the molecule is CCCC1(N(c2ccc(C)cc2)c2ccc3ccccc3c2)c2cc3c(cc21)C(C)(C)c1cc2c(cc1-3)CC2(CC)N(c1ccc(C)cc1)c1ccc2ccccc2c1. The average Bonchev–Trinajstić information content (AvgIpc) is 3.81. The van der Waals surface area contributed by atoms with E-state index in [1.165, 1.54) is 99.9 Å². The van der Waals surface area contributed by atoms with E-state index in [0.29, 0.717) is 0 Å². The van der Waals surface area contributed by atoms with E-state index in [2.05, 4.69) is 209 Å². The molecule has 2 unspecified atom stereocenters. The predicted octanol–water partition coefficient (Wildman–Crippen LogP) is 15.1. The molecule has 11 rings (SSSR count). The lowest BCUT2D eigenvalue weighted by molar-refractivity contribution is 0.362. The summed E-state index contributed by atoms with van der Waals surface area (Å²) in [6, 6.07) is 60.3. The van der Waals surface area contributed by atoms with Gasteiger partial charge in [0.1, 0.15) is 0 Å².